The van der Waals surface area contributed by atoms with Gasteiger partial charge in [-0.15, -0.1) is 0 Å². The lowest BCUT2D eigenvalue weighted by Gasteiger charge is -2.29. The number of hydrogen-bond acceptors (Lipinski definition) is 4. The van der Waals surface area contributed by atoms with Gasteiger partial charge in [0.15, 0.2) is 0 Å². The molecule has 1 aromatic rings. The summed E-state index contributed by atoms with van der Waals surface area (Å²) in [6, 6.07) is 8.50. The van der Waals surface area contributed by atoms with E-state index in [1.54, 1.807) is 20.8 Å². The van der Waals surface area contributed by atoms with Crippen molar-refractivity contribution in [1.82, 2.24) is 4.90 Å². The maximum absolute atomic E-state index is 12.5. The van der Waals surface area contributed by atoms with Crippen molar-refractivity contribution in [2.24, 2.45) is 0 Å². The molecular formula is C19H23NO4. The van der Waals surface area contributed by atoms with E-state index in [2.05, 4.69) is 11.8 Å². The zero-order valence-electron chi connectivity index (χ0n) is 14.5. The summed E-state index contributed by atoms with van der Waals surface area (Å²) in [6.45, 7) is 5.37. The third kappa shape index (κ3) is 4.51. The largest absolute Gasteiger partial charge is 0.467 e. The molecule has 0 radical (unpaired) electrons. The molecule has 1 aliphatic rings. The second kappa shape index (κ2) is 7.39. The minimum atomic E-state index is -0.653. The molecule has 0 aromatic heterocycles. The number of likely N-dealkylation sites (tertiary alicyclic amines) is 1. The Kier molecular flexibility index (Phi) is 5.50. The molecule has 5 heteroatoms. The van der Waals surface area contributed by atoms with Crippen LogP contribution >= 0.6 is 0 Å². The van der Waals surface area contributed by atoms with Gasteiger partial charge in [-0.3, -0.25) is 4.90 Å². The van der Waals surface area contributed by atoms with Crippen LogP contribution in [-0.4, -0.2) is 41.8 Å². The zero-order valence-corrected chi connectivity index (χ0v) is 14.5. The lowest BCUT2D eigenvalue weighted by molar-refractivity contribution is -0.145. The number of carbonyl (C=O) groups excluding carboxylic acids is 2. The van der Waals surface area contributed by atoms with Gasteiger partial charge in [-0.05, 0) is 45.7 Å². The van der Waals surface area contributed by atoms with E-state index in [1.165, 1.54) is 12.0 Å². The lowest BCUT2D eigenvalue weighted by atomic mass is 10.1. The summed E-state index contributed by atoms with van der Waals surface area (Å²) in [5.41, 5.74) is 0.223. The first-order chi connectivity index (χ1) is 11.3. The number of hydrogen-bond donors (Lipinski definition) is 0. The van der Waals surface area contributed by atoms with Crippen LogP contribution in [0.5, 0.6) is 0 Å². The lowest BCUT2D eigenvalue weighted by Crippen LogP contribution is -2.47. The molecule has 1 amide bonds. The van der Waals surface area contributed by atoms with Crippen LogP contribution in [0.4, 0.5) is 4.79 Å². The number of benzene rings is 1. The number of methoxy groups -OCH3 is 1. The van der Waals surface area contributed by atoms with E-state index in [0.717, 1.165) is 5.56 Å². The fourth-order valence-electron chi connectivity index (χ4n) is 2.58. The Hall–Kier alpha value is -2.48. The van der Waals surface area contributed by atoms with Crippen molar-refractivity contribution in [2.75, 3.05) is 7.11 Å². The highest BCUT2D eigenvalue weighted by molar-refractivity contribution is 5.82. The maximum Gasteiger partial charge on any atom is 0.412 e. The van der Waals surface area contributed by atoms with Crippen molar-refractivity contribution < 1.29 is 19.1 Å². The summed E-state index contributed by atoms with van der Waals surface area (Å²) >= 11 is 0. The van der Waals surface area contributed by atoms with Gasteiger partial charge >= 0.3 is 12.1 Å². The molecule has 5 nitrogen and oxygen atoms in total. The average Bonchev–Trinajstić information content (AvgIpc) is 2.95. The van der Waals surface area contributed by atoms with Crippen molar-refractivity contribution in [2.45, 2.75) is 51.3 Å². The van der Waals surface area contributed by atoms with Gasteiger partial charge in [-0.1, -0.05) is 30.0 Å². The highest BCUT2D eigenvalue weighted by Gasteiger charge is 2.43. The quantitative estimate of drug-likeness (QED) is 0.587. The van der Waals surface area contributed by atoms with Crippen LogP contribution in [0.3, 0.4) is 0 Å². The molecule has 0 unspecified atom stereocenters. The van der Waals surface area contributed by atoms with E-state index in [1.807, 2.05) is 30.3 Å². The molecule has 1 fully saturated rings. The van der Waals surface area contributed by atoms with Crippen LogP contribution in [-0.2, 0) is 14.3 Å². The first-order valence-corrected chi connectivity index (χ1v) is 7.97. The molecule has 0 saturated carbocycles. The normalized spacial score (nSPS) is 20.1. The van der Waals surface area contributed by atoms with Gasteiger partial charge in [-0.25, -0.2) is 9.59 Å². The smallest absolute Gasteiger partial charge is 0.412 e. The molecule has 2 atom stereocenters. The first-order valence-electron chi connectivity index (χ1n) is 7.97. The minimum absolute atomic E-state index is 0.371. The molecule has 1 aliphatic heterocycles. The molecule has 1 heterocycles. The van der Waals surface area contributed by atoms with Crippen molar-refractivity contribution in [3.05, 3.63) is 35.9 Å². The summed E-state index contributed by atoms with van der Waals surface area (Å²) in [7, 11) is 1.32. The standard InChI is InChI=1S/C19H23NO4/c1-19(2,3)24-18(22)20-15(12-13-16(20)17(21)23-4)11-10-14-8-6-5-7-9-14/h5-9,15-16H,12-13H2,1-4H3/t15-,16+/m1/s1. The van der Waals surface area contributed by atoms with Gasteiger partial charge in [0.05, 0.1) is 13.2 Å². The Morgan fingerprint density at radius 1 is 1.17 bits per heavy atom. The van der Waals surface area contributed by atoms with Crippen LogP contribution in [0.25, 0.3) is 0 Å². The van der Waals surface area contributed by atoms with Gasteiger partial charge < -0.3 is 9.47 Å². The number of nitrogens with zero attached hydrogens (tertiary/aromatic N) is 1. The van der Waals surface area contributed by atoms with Crippen LogP contribution < -0.4 is 0 Å². The molecule has 1 aromatic carbocycles. The summed E-state index contributed by atoms with van der Waals surface area (Å²) in [5, 5.41) is 0. The number of amides is 1. The van der Waals surface area contributed by atoms with Crippen molar-refractivity contribution in [3.63, 3.8) is 0 Å². The van der Waals surface area contributed by atoms with Gasteiger partial charge in [0.2, 0.25) is 0 Å². The number of esters is 1. The van der Waals surface area contributed by atoms with Crippen molar-refractivity contribution in [3.8, 4) is 11.8 Å². The number of carbonyl (C=O) groups is 2. The van der Waals surface area contributed by atoms with E-state index in [-0.39, 0.29) is 6.04 Å². The fourth-order valence-corrected chi connectivity index (χ4v) is 2.58. The molecular weight excluding hydrogens is 306 g/mol. The van der Waals surface area contributed by atoms with E-state index in [9.17, 15) is 9.59 Å². The second-order valence-corrected chi connectivity index (χ2v) is 6.66. The molecule has 128 valence electrons. The zero-order chi connectivity index (χ0) is 17.7. The molecule has 0 spiro atoms. The monoisotopic (exact) mass is 329 g/mol. The Balaban J connectivity index is 2.24. The van der Waals surface area contributed by atoms with Gasteiger partial charge in [0.1, 0.15) is 11.6 Å². The van der Waals surface area contributed by atoms with E-state index in [4.69, 9.17) is 9.47 Å². The predicted molar refractivity (Wildman–Crippen MR) is 90.2 cm³/mol. The summed E-state index contributed by atoms with van der Waals surface area (Å²) in [4.78, 5) is 25.9. The molecule has 2 rings (SSSR count). The average molecular weight is 329 g/mol. The van der Waals surface area contributed by atoms with Crippen LogP contribution in [0.1, 0.15) is 39.2 Å². The summed E-state index contributed by atoms with van der Waals surface area (Å²) in [6.07, 6.45) is 0.585. The van der Waals surface area contributed by atoms with E-state index < -0.39 is 23.7 Å². The Morgan fingerprint density at radius 3 is 2.42 bits per heavy atom. The molecule has 0 N–H and O–H groups in total. The number of rotatable bonds is 1. The van der Waals surface area contributed by atoms with Gasteiger partial charge in [-0.2, -0.15) is 0 Å². The van der Waals surface area contributed by atoms with Crippen LogP contribution in [0, 0.1) is 11.8 Å². The predicted octanol–water partition coefficient (Wildman–Crippen LogP) is 2.98. The third-order valence-corrected chi connectivity index (χ3v) is 3.62. The van der Waals surface area contributed by atoms with E-state index >= 15 is 0 Å². The molecule has 0 aliphatic carbocycles. The maximum atomic E-state index is 12.5. The van der Waals surface area contributed by atoms with E-state index in [0.29, 0.717) is 12.8 Å². The number of ether oxygens (including phenoxy) is 2. The third-order valence-electron chi connectivity index (χ3n) is 3.62. The fraction of sp³-hybridized carbons (Fsp3) is 0.474. The van der Waals surface area contributed by atoms with Crippen LogP contribution in [0.2, 0.25) is 0 Å². The van der Waals surface area contributed by atoms with Gasteiger partial charge in [0, 0.05) is 5.56 Å². The van der Waals surface area contributed by atoms with Crippen molar-refractivity contribution >= 4 is 12.1 Å². The highest BCUT2D eigenvalue weighted by atomic mass is 16.6. The first kappa shape index (κ1) is 17.9. The minimum Gasteiger partial charge on any atom is -0.467 e. The molecule has 24 heavy (non-hydrogen) atoms. The summed E-state index contributed by atoms with van der Waals surface area (Å²) in [5.74, 6) is 5.71. The SMILES string of the molecule is COC(=O)[C@@H]1CC[C@@H](C#Cc2ccccc2)N1C(=O)OC(C)(C)C. The van der Waals surface area contributed by atoms with Gasteiger partial charge in [0.25, 0.3) is 0 Å². The second-order valence-electron chi connectivity index (χ2n) is 6.66. The Labute approximate surface area is 142 Å². The van der Waals surface area contributed by atoms with Crippen LogP contribution in [0.15, 0.2) is 30.3 Å². The highest BCUT2D eigenvalue weighted by Crippen LogP contribution is 2.27. The van der Waals surface area contributed by atoms with Crippen molar-refractivity contribution in [1.29, 1.82) is 0 Å². The molecule has 1 saturated heterocycles. The summed E-state index contributed by atoms with van der Waals surface area (Å²) < 4.78 is 10.3. The topological polar surface area (TPSA) is 55.8 Å². The molecule has 0 bridgehead atoms. The Morgan fingerprint density at radius 2 is 1.83 bits per heavy atom. The Bertz CT molecular complexity index is 651.